The zero-order chi connectivity index (χ0) is 14.9. The van der Waals surface area contributed by atoms with Gasteiger partial charge >= 0.3 is 0 Å². The van der Waals surface area contributed by atoms with E-state index in [1.165, 1.54) is 10.8 Å². The topological polar surface area (TPSA) is 35.0 Å². The summed E-state index contributed by atoms with van der Waals surface area (Å²) in [5.41, 5.74) is 1.94. The normalized spacial score (nSPS) is 11.0. The van der Waals surface area contributed by atoms with Crippen molar-refractivity contribution in [2.45, 2.75) is 0 Å². The molecule has 0 fully saturated rings. The zero-order valence-corrected chi connectivity index (χ0v) is 12.2. The van der Waals surface area contributed by atoms with Crippen LogP contribution in [-0.4, -0.2) is 17.1 Å². The van der Waals surface area contributed by atoms with E-state index >= 15 is 0 Å². The first kappa shape index (κ1) is 12.8. The lowest BCUT2D eigenvalue weighted by molar-refractivity contribution is 0.415. The first-order valence-corrected chi connectivity index (χ1v) is 7.14. The third-order valence-electron chi connectivity index (χ3n) is 3.84. The number of fused-ring (bicyclic) bond motifs is 3. The third kappa shape index (κ3) is 2.07. The van der Waals surface area contributed by atoms with Crippen LogP contribution in [0.3, 0.4) is 0 Å². The van der Waals surface area contributed by atoms with Crippen LogP contribution in [-0.2, 0) is 0 Å². The SMILES string of the molecule is COc1ccc(-c2ncc3c(ccc4ccccc43)n2)cc1. The lowest BCUT2D eigenvalue weighted by Gasteiger charge is -2.06. The maximum absolute atomic E-state index is 5.18. The maximum atomic E-state index is 5.18. The summed E-state index contributed by atoms with van der Waals surface area (Å²) in [6.45, 7) is 0. The number of aromatic nitrogens is 2. The van der Waals surface area contributed by atoms with Crippen molar-refractivity contribution in [3.63, 3.8) is 0 Å². The number of methoxy groups -OCH3 is 1. The number of ether oxygens (including phenoxy) is 1. The lowest BCUT2D eigenvalue weighted by atomic mass is 10.1. The summed E-state index contributed by atoms with van der Waals surface area (Å²) in [7, 11) is 1.66. The molecule has 0 aliphatic carbocycles. The quantitative estimate of drug-likeness (QED) is 0.510. The van der Waals surface area contributed by atoms with Crippen molar-refractivity contribution < 1.29 is 4.74 Å². The van der Waals surface area contributed by atoms with Gasteiger partial charge in [-0.15, -0.1) is 0 Å². The highest BCUT2D eigenvalue weighted by atomic mass is 16.5. The van der Waals surface area contributed by atoms with Gasteiger partial charge in [0.2, 0.25) is 0 Å². The van der Waals surface area contributed by atoms with Gasteiger partial charge in [-0.05, 0) is 41.1 Å². The zero-order valence-electron chi connectivity index (χ0n) is 12.2. The van der Waals surface area contributed by atoms with E-state index in [2.05, 4.69) is 23.2 Å². The lowest BCUT2D eigenvalue weighted by Crippen LogP contribution is -1.91. The maximum Gasteiger partial charge on any atom is 0.159 e. The number of benzene rings is 3. The van der Waals surface area contributed by atoms with Crippen LogP contribution in [0, 0.1) is 0 Å². The Labute approximate surface area is 128 Å². The van der Waals surface area contributed by atoms with Gasteiger partial charge in [0.1, 0.15) is 5.75 Å². The molecule has 0 aliphatic rings. The highest BCUT2D eigenvalue weighted by Gasteiger charge is 2.06. The van der Waals surface area contributed by atoms with Crippen molar-refractivity contribution in [1.29, 1.82) is 0 Å². The van der Waals surface area contributed by atoms with Crippen LogP contribution in [0.2, 0.25) is 0 Å². The van der Waals surface area contributed by atoms with E-state index in [-0.39, 0.29) is 0 Å². The van der Waals surface area contributed by atoms with Crippen molar-refractivity contribution in [2.75, 3.05) is 7.11 Å². The summed E-state index contributed by atoms with van der Waals surface area (Å²) < 4.78 is 5.18. The van der Waals surface area contributed by atoms with Crippen molar-refractivity contribution >= 4 is 21.7 Å². The largest absolute Gasteiger partial charge is 0.497 e. The van der Waals surface area contributed by atoms with Crippen LogP contribution in [0.5, 0.6) is 5.75 Å². The Kier molecular flexibility index (Phi) is 2.97. The summed E-state index contributed by atoms with van der Waals surface area (Å²) >= 11 is 0. The van der Waals surface area contributed by atoms with E-state index in [1.807, 2.05) is 48.7 Å². The third-order valence-corrected chi connectivity index (χ3v) is 3.84. The molecule has 0 saturated heterocycles. The minimum atomic E-state index is 0.727. The average Bonchev–Trinajstić information content (AvgIpc) is 2.61. The summed E-state index contributed by atoms with van der Waals surface area (Å²) in [4.78, 5) is 9.23. The van der Waals surface area contributed by atoms with Crippen molar-refractivity contribution in [3.8, 4) is 17.1 Å². The van der Waals surface area contributed by atoms with Crippen molar-refractivity contribution in [3.05, 3.63) is 66.9 Å². The standard InChI is InChI=1S/C19H14N2O/c1-22-15-9-6-14(7-10-15)19-20-12-17-16-5-3-2-4-13(16)8-11-18(17)21-19/h2-12H,1H3. The molecule has 0 bridgehead atoms. The Hall–Kier alpha value is -2.94. The molecule has 3 heteroatoms. The minimum Gasteiger partial charge on any atom is -0.497 e. The summed E-state index contributed by atoms with van der Waals surface area (Å²) in [6, 6.07) is 20.2. The van der Waals surface area contributed by atoms with Gasteiger partial charge in [-0.2, -0.15) is 0 Å². The molecule has 0 radical (unpaired) electrons. The van der Waals surface area contributed by atoms with Gasteiger partial charge in [0.05, 0.1) is 12.6 Å². The van der Waals surface area contributed by atoms with Crippen molar-refractivity contribution in [1.82, 2.24) is 9.97 Å². The molecule has 3 nitrogen and oxygen atoms in total. The molecular formula is C19H14N2O. The second kappa shape index (κ2) is 5.11. The molecule has 0 aliphatic heterocycles. The molecule has 0 saturated carbocycles. The van der Waals surface area contributed by atoms with Gasteiger partial charge < -0.3 is 4.74 Å². The summed E-state index contributed by atoms with van der Waals surface area (Å²) in [5, 5.41) is 3.47. The molecule has 0 unspecified atom stereocenters. The minimum absolute atomic E-state index is 0.727. The van der Waals surface area contributed by atoms with Gasteiger partial charge in [-0.25, -0.2) is 9.97 Å². The van der Waals surface area contributed by atoms with E-state index in [0.29, 0.717) is 0 Å². The van der Waals surface area contributed by atoms with E-state index in [9.17, 15) is 0 Å². The number of nitrogens with zero attached hydrogens (tertiary/aromatic N) is 2. The Morgan fingerprint density at radius 1 is 0.818 bits per heavy atom. The van der Waals surface area contributed by atoms with Crippen LogP contribution >= 0.6 is 0 Å². The van der Waals surface area contributed by atoms with Gasteiger partial charge in [0.15, 0.2) is 5.82 Å². The molecule has 1 heterocycles. The molecule has 0 spiro atoms. The summed E-state index contributed by atoms with van der Waals surface area (Å²) in [5.74, 6) is 1.56. The molecule has 1 aromatic heterocycles. The molecular weight excluding hydrogens is 272 g/mol. The molecule has 0 amide bonds. The monoisotopic (exact) mass is 286 g/mol. The molecule has 22 heavy (non-hydrogen) atoms. The molecule has 0 atom stereocenters. The van der Waals surface area contributed by atoms with Crippen LogP contribution in [0.4, 0.5) is 0 Å². The first-order valence-electron chi connectivity index (χ1n) is 7.14. The highest BCUT2D eigenvalue weighted by Crippen LogP contribution is 2.26. The molecule has 4 rings (SSSR count). The smallest absolute Gasteiger partial charge is 0.159 e. The van der Waals surface area contributed by atoms with Crippen molar-refractivity contribution in [2.24, 2.45) is 0 Å². The van der Waals surface area contributed by atoms with Gasteiger partial charge in [0.25, 0.3) is 0 Å². The highest BCUT2D eigenvalue weighted by molar-refractivity contribution is 6.05. The molecule has 4 aromatic rings. The van der Waals surface area contributed by atoms with E-state index in [4.69, 9.17) is 9.72 Å². The second-order valence-corrected chi connectivity index (χ2v) is 5.14. The fraction of sp³-hybridized carbons (Fsp3) is 0.0526. The number of hydrogen-bond acceptors (Lipinski definition) is 3. The van der Waals surface area contributed by atoms with E-state index in [1.54, 1.807) is 7.11 Å². The number of hydrogen-bond donors (Lipinski definition) is 0. The van der Waals surface area contributed by atoms with Crippen LogP contribution < -0.4 is 4.74 Å². The van der Waals surface area contributed by atoms with Gasteiger partial charge in [-0.3, -0.25) is 0 Å². The Morgan fingerprint density at radius 2 is 1.64 bits per heavy atom. The van der Waals surface area contributed by atoms with E-state index in [0.717, 1.165) is 28.0 Å². The van der Waals surface area contributed by atoms with Gasteiger partial charge in [0, 0.05) is 17.1 Å². The predicted octanol–water partition coefficient (Wildman–Crippen LogP) is 4.46. The number of rotatable bonds is 2. The summed E-state index contributed by atoms with van der Waals surface area (Å²) in [6.07, 6.45) is 1.91. The van der Waals surface area contributed by atoms with Crippen LogP contribution in [0.1, 0.15) is 0 Å². The fourth-order valence-electron chi connectivity index (χ4n) is 2.67. The Morgan fingerprint density at radius 3 is 2.45 bits per heavy atom. The first-order chi connectivity index (χ1) is 10.8. The Balaban J connectivity index is 1.88. The van der Waals surface area contributed by atoms with Gasteiger partial charge in [-0.1, -0.05) is 30.3 Å². The van der Waals surface area contributed by atoms with E-state index < -0.39 is 0 Å². The average molecular weight is 286 g/mol. The van der Waals surface area contributed by atoms with Crippen LogP contribution in [0.25, 0.3) is 33.1 Å². The Bertz CT molecular complexity index is 962. The predicted molar refractivity (Wildman–Crippen MR) is 89.0 cm³/mol. The fourth-order valence-corrected chi connectivity index (χ4v) is 2.67. The molecule has 0 N–H and O–H groups in total. The molecule has 3 aromatic carbocycles. The molecule has 106 valence electrons. The van der Waals surface area contributed by atoms with Crippen LogP contribution in [0.15, 0.2) is 66.9 Å². The second-order valence-electron chi connectivity index (χ2n) is 5.14.